The molecule has 8 nitrogen and oxygen atoms in total. The topological polar surface area (TPSA) is 98.4 Å². The summed E-state index contributed by atoms with van der Waals surface area (Å²) in [4.78, 5) is 10.2. The van der Waals surface area contributed by atoms with Crippen LogP contribution in [0.4, 0.5) is 4.39 Å². The molecule has 0 aliphatic carbocycles. The van der Waals surface area contributed by atoms with Crippen LogP contribution >= 0.6 is 0 Å². The van der Waals surface area contributed by atoms with Gasteiger partial charge in [-0.25, -0.2) is 22.8 Å². The van der Waals surface area contributed by atoms with Crippen LogP contribution in [0, 0.1) is 5.82 Å². The number of aromatic nitrogens is 3. The predicted molar refractivity (Wildman–Crippen MR) is 102 cm³/mol. The maximum absolute atomic E-state index is 13.4. The number of sulfone groups is 1. The highest BCUT2D eigenvalue weighted by atomic mass is 32.2. The molecule has 0 N–H and O–H groups in total. The zero-order chi connectivity index (χ0) is 20.4. The smallest absolute Gasteiger partial charge is 0.247 e. The molecule has 0 amide bonds. The number of halogens is 1. The van der Waals surface area contributed by atoms with Crippen molar-refractivity contribution in [3.8, 4) is 22.5 Å². The Morgan fingerprint density at radius 3 is 2.55 bits per heavy atom. The first-order valence-electron chi connectivity index (χ1n) is 9.00. The van der Waals surface area contributed by atoms with Gasteiger partial charge in [0.25, 0.3) is 0 Å². The summed E-state index contributed by atoms with van der Waals surface area (Å²) in [5.74, 6) is 0.179. The summed E-state index contributed by atoms with van der Waals surface area (Å²) in [6.07, 6.45) is 2.44. The Labute approximate surface area is 167 Å². The van der Waals surface area contributed by atoms with Crippen molar-refractivity contribution in [1.82, 2.24) is 20.0 Å². The van der Waals surface area contributed by atoms with Crippen molar-refractivity contribution in [2.45, 2.75) is 11.7 Å². The van der Waals surface area contributed by atoms with Crippen LogP contribution in [0.5, 0.6) is 0 Å². The Kier molecular flexibility index (Phi) is 5.39. The molecule has 2 aromatic heterocycles. The molecule has 1 aliphatic heterocycles. The number of ether oxygens (including phenoxy) is 1. The highest BCUT2D eigenvalue weighted by molar-refractivity contribution is 7.90. The van der Waals surface area contributed by atoms with Crippen LogP contribution in [0.15, 0.2) is 46.2 Å². The number of morpholine rings is 1. The summed E-state index contributed by atoms with van der Waals surface area (Å²) in [5.41, 5.74) is 2.05. The fraction of sp³-hybridized carbons (Fsp3) is 0.316. The summed E-state index contributed by atoms with van der Waals surface area (Å²) >= 11 is 0. The van der Waals surface area contributed by atoms with Gasteiger partial charge in [0, 0.05) is 31.1 Å². The molecule has 3 aromatic rings. The first-order chi connectivity index (χ1) is 13.9. The molecular weight excluding hydrogens is 399 g/mol. The van der Waals surface area contributed by atoms with Crippen molar-refractivity contribution in [3.63, 3.8) is 0 Å². The van der Waals surface area contributed by atoms with Gasteiger partial charge < -0.3 is 9.26 Å². The van der Waals surface area contributed by atoms with Gasteiger partial charge in [-0.1, -0.05) is 5.16 Å². The van der Waals surface area contributed by atoms with Crippen molar-refractivity contribution < 1.29 is 22.1 Å². The maximum Gasteiger partial charge on any atom is 0.247 e. The predicted octanol–water partition coefficient (Wildman–Crippen LogP) is 2.17. The van der Waals surface area contributed by atoms with E-state index in [1.165, 1.54) is 18.3 Å². The zero-order valence-electron chi connectivity index (χ0n) is 15.7. The van der Waals surface area contributed by atoms with Gasteiger partial charge in [-0.2, -0.15) is 0 Å². The highest BCUT2D eigenvalue weighted by Crippen LogP contribution is 2.34. The Balaban J connectivity index is 1.82. The van der Waals surface area contributed by atoms with E-state index in [2.05, 4.69) is 20.0 Å². The van der Waals surface area contributed by atoms with Crippen LogP contribution in [0.1, 0.15) is 5.76 Å². The van der Waals surface area contributed by atoms with Crippen LogP contribution in [0.2, 0.25) is 0 Å². The molecule has 0 unspecified atom stereocenters. The summed E-state index contributed by atoms with van der Waals surface area (Å²) in [6.45, 7) is 3.19. The lowest BCUT2D eigenvalue weighted by Gasteiger charge is -2.25. The number of nitrogens with zero attached hydrogens (tertiary/aromatic N) is 4. The van der Waals surface area contributed by atoms with Crippen LogP contribution in [0.3, 0.4) is 0 Å². The molecule has 3 heterocycles. The maximum atomic E-state index is 13.4. The quantitative estimate of drug-likeness (QED) is 0.582. The van der Waals surface area contributed by atoms with Gasteiger partial charge in [0.2, 0.25) is 15.0 Å². The van der Waals surface area contributed by atoms with Gasteiger partial charge in [-0.3, -0.25) is 4.90 Å². The molecule has 0 saturated carbocycles. The molecule has 1 fully saturated rings. The third-order valence-corrected chi connectivity index (χ3v) is 5.43. The van der Waals surface area contributed by atoms with E-state index in [9.17, 15) is 12.8 Å². The number of benzene rings is 1. The van der Waals surface area contributed by atoms with Gasteiger partial charge in [0.15, 0.2) is 5.76 Å². The Hall–Kier alpha value is -2.69. The monoisotopic (exact) mass is 418 g/mol. The first kappa shape index (κ1) is 19.6. The molecule has 1 saturated heterocycles. The largest absolute Gasteiger partial charge is 0.379 e. The molecule has 1 aromatic carbocycles. The van der Waals surface area contributed by atoms with Gasteiger partial charge in [0.1, 0.15) is 11.5 Å². The fourth-order valence-corrected chi connectivity index (χ4v) is 3.64. The third-order valence-electron chi connectivity index (χ3n) is 4.57. The molecule has 10 heteroatoms. The second-order valence-corrected chi connectivity index (χ2v) is 8.63. The van der Waals surface area contributed by atoms with Crippen molar-refractivity contribution >= 4 is 9.84 Å². The van der Waals surface area contributed by atoms with Crippen LogP contribution in [0.25, 0.3) is 22.5 Å². The molecule has 0 radical (unpaired) electrons. The molecule has 0 spiro atoms. The lowest BCUT2D eigenvalue weighted by Crippen LogP contribution is -2.35. The molecule has 0 atom stereocenters. The van der Waals surface area contributed by atoms with E-state index in [1.807, 2.05) is 0 Å². The number of rotatable bonds is 5. The van der Waals surface area contributed by atoms with E-state index in [-0.39, 0.29) is 11.0 Å². The van der Waals surface area contributed by atoms with Crippen molar-refractivity contribution in [2.75, 3.05) is 32.6 Å². The van der Waals surface area contributed by atoms with Gasteiger partial charge in [-0.15, -0.1) is 0 Å². The highest BCUT2D eigenvalue weighted by Gasteiger charge is 2.24. The van der Waals surface area contributed by atoms with E-state index in [0.29, 0.717) is 48.0 Å². The van der Waals surface area contributed by atoms with E-state index >= 15 is 0 Å². The summed E-state index contributed by atoms with van der Waals surface area (Å²) < 4.78 is 48.2. The lowest BCUT2D eigenvalue weighted by atomic mass is 10.0. The Morgan fingerprint density at radius 2 is 1.86 bits per heavy atom. The third kappa shape index (κ3) is 4.34. The Morgan fingerprint density at radius 1 is 1.14 bits per heavy atom. The van der Waals surface area contributed by atoms with E-state index in [4.69, 9.17) is 9.26 Å². The Bertz CT molecular complexity index is 1110. The van der Waals surface area contributed by atoms with E-state index < -0.39 is 9.84 Å². The normalized spacial score (nSPS) is 15.5. The summed E-state index contributed by atoms with van der Waals surface area (Å²) in [6, 6.07) is 7.45. The average Bonchev–Trinajstić information content (AvgIpc) is 3.12. The molecule has 29 heavy (non-hydrogen) atoms. The fourth-order valence-electron chi connectivity index (χ4n) is 3.12. The van der Waals surface area contributed by atoms with Crippen LogP contribution in [-0.2, 0) is 21.1 Å². The average molecular weight is 418 g/mol. The van der Waals surface area contributed by atoms with Crippen molar-refractivity contribution in [3.05, 3.63) is 48.1 Å². The number of hydrogen-bond acceptors (Lipinski definition) is 8. The van der Waals surface area contributed by atoms with Gasteiger partial charge in [0.05, 0.1) is 31.0 Å². The van der Waals surface area contributed by atoms with E-state index in [0.717, 1.165) is 19.3 Å². The summed E-state index contributed by atoms with van der Waals surface area (Å²) in [5, 5.41) is 3.91. The van der Waals surface area contributed by atoms with Gasteiger partial charge in [-0.05, 0) is 30.3 Å². The number of hydrogen-bond donors (Lipinski definition) is 0. The first-order valence-corrected chi connectivity index (χ1v) is 10.9. The molecule has 0 bridgehead atoms. The second-order valence-electron chi connectivity index (χ2n) is 6.72. The minimum absolute atomic E-state index is 0.279. The second kappa shape index (κ2) is 7.97. The minimum Gasteiger partial charge on any atom is -0.379 e. The van der Waals surface area contributed by atoms with Gasteiger partial charge >= 0.3 is 0 Å². The molecule has 152 valence electrons. The molecule has 4 rings (SSSR count). The molecule has 1 aliphatic rings. The van der Waals surface area contributed by atoms with Crippen LogP contribution in [-0.4, -0.2) is 61.0 Å². The van der Waals surface area contributed by atoms with E-state index in [1.54, 1.807) is 18.2 Å². The SMILES string of the molecule is CS(=O)(=O)c1nccc(-c2c(-c3ccc(F)cc3)noc2CN2CCOCC2)n1. The standard InChI is InChI=1S/C19H19FN4O4S/c1-29(25,26)19-21-7-6-15(22-19)17-16(12-24-8-10-27-11-9-24)28-23-18(17)13-2-4-14(20)5-3-13/h2-7H,8-12H2,1H3. The van der Waals surface area contributed by atoms with Crippen molar-refractivity contribution in [2.24, 2.45) is 0 Å². The zero-order valence-corrected chi connectivity index (χ0v) is 16.5. The van der Waals surface area contributed by atoms with Crippen LogP contribution < -0.4 is 0 Å². The lowest BCUT2D eigenvalue weighted by molar-refractivity contribution is 0.0306. The minimum atomic E-state index is -3.59. The van der Waals surface area contributed by atoms with Crippen molar-refractivity contribution in [1.29, 1.82) is 0 Å². The summed E-state index contributed by atoms with van der Waals surface area (Å²) in [7, 11) is -3.59. The molecular formula is C19H19FN4O4S.